The van der Waals surface area contributed by atoms with E-state index in [1.807, 2.05) is 38.1 Å². The molecule has 3 rings (SSSR count). The average molecular weight is 363 g/mol. The Balaban J connectivity index is 1.72. The van der Waals surface area contributed by atoms with E-state index in [-0.39, 0.29) is 24.1 Å². The molecule has 0 bridgehead atoms. The standard InChI is InChI=1S/C20H21N5O2/c1-4-17-21-12-22-20(23-17)24-18(26)11-15-9-10-16(25(15)3)19(27)14-7-5-13(2)6-8-14/h5-10,12H,4,11H2,1-3H3,(H,21,22,23,24,26). The predicted molar refractivity (Wildman–Crippen MR) is 102 cm³/mol. The number of carbonyl (C=O) groups excluding carboxylic acids is 2. The fraction of sp³-hybridized carbons (Fsp3) is 0.250. The van der Waals surface area contributed by atoms with Gasteiger partial charge in [0.05, 0.1) is 12.1 Å². The van der Waals surface area contributed by atoms with Crippen molar-refractivity contribution in [2.45, 2.75) is 26.7 Å². The highest BCUT2D eigenvalue weighted by Crippen LogP contribution is 2.15. The number of nitrogens with zero attached hydrogens (tertiary/aromatic N) is 4. The number of aryl methyl sites for hydroxylation is 2. The van der Waals surface area contributed by atoms with Crippen molar-refractivity contribution in [1.29, 1.82) is 0 Å². The number of aromatic nitrogens is 4. The van der Waals surface area contributed by atoms with E-state index in [0.717, 1.165) is 11.3 Å². The van der Waals surface area contributed by atoms with Crippen molar-refractivity contribution in [2.75, 3.05) is 5.32 Å². The van der Waals surface area contributed by atoms with Gasteiger partial charge in [0.25, 0.3) is 0 Å². The van der Waals surface area contributed by atoms with Crippen molar-refractivity contribution in [3.05, 3.63) is 71.1 Å². The number of carbonyl (C=O) groups is 2. The van der Waals surface area contributed by atoms with Gasteiger partial charge in [-0.05, 0) is 19.1 Å². The third-order valence-corrected chi connectivity index (χ3v) is 4.30. The maximum Gasteiger partial charge on any atom is 0.232 e. The van der Waals surface area contributed by atoms with E-state index in [0.29, 0.717) is 23.5 Å². The van der Waals surface area contributed by atoms with E-state index in [2.05, 4.69) is 20.3 Å². The fourth-order valence-electron chi connectivity index (χ4n) is 2.71. The Bertz CT molecular complexity index is 976. The lowest BCUT2D eigenvalue weighted by molar-refractivity contribution is -0.115. The van der Waals surface area contributed by atoms with Crippen LogP contribution in [-0.4, -0.2) is 31.2 Å². The molecule has 138 valence electrons. The number of ketones is 1. The summed E-state index contributed by atoms with van der Waals surface area (Å²) in [6, 6.07) is 11.0. The summed E-state index contributed by atoms with van der Waals surface area (Å²) >= 11 is 0. The number of nitrogens with one attached hydrogen (secondary N) is 1. The van der Waals surface area contributed by atoms with E-state index in [9.17, 15) is 9.59 Å². The van der Waals surface area contributed by atoms with Gasteiger partial charge in [0.1, 0.15) is 12.2 Å². The van der Waals surface area contributed by atoms with Crippen LogP contribution < -0.4 is 5.32 Å². The van der Waals surface area contributed by atoms with E-state index < -0.39 is 0 Å². The normalized spacial score (nSPS) is 10.6. The summed E-state index contributed by atoms with van der Waals surface area (Å²) in [7, 11) is 1.78. The minimum atomic E-state index is -0.251. The van der Waals surface area contributed by atoms with Gasteiger partial charge in [-0.3, -0.25) is 14.9 Å². The lowest BCUT2D eigenvalue weighted by Crippen LogP contribution is -2.19. The van der Waals surface area contributed by atoms with Crippen molar-refractivity contribution in [3.63, 3.8) is 0 Å². The summed E-state index contributed by atoms with van der Waals surface area (Å²) in [6.45, 7) is 3.90. The Morgan fingerprint density at radius 1 is 1.07 bits per heavy atom. The lowest BCUT2D eigenvalue weighted by Gasteiger charge is -2.08. The molecule has 0 aliphatic heterocycles. The monoisotopic (exact) mass is 363 g/mol. The first-order valence-corrected chi connectivity index (χ1v) is 8.71. The maximum atomic E-state index is 12.7. The predicted octanol–water partition coefficient (Wildman–Crippen LogP) is 2.49. The average Bonchev–Trinajstić information content (AvgIpc) is 3.02. The second kappa shape index (κ2) is 7.90. The molecule has 7 heteroatoms. The molecule has 27 heavy (non-hydrogen) atoms. The van der Waals surface area contributed by atoms with Crippen LogP contribution in [0.1, 0.15) is 40.1 Å². The minimum absolute atomic E-state index is 0.0748. The summed E-state index contributed by atoms with van der Waals surface area (Å²) in [4.78, 5) is 37.1. The van der Waals surface area contributed by atoms with Gasteiger partial charge in [0.2, 0.25) is 17.6 Å². The Hall–Kier alpha value is -3.35. The van der Waals surface area contributed by atoms with Gasteiger partial charge >= 0.3 is 0 Å². The molecule has 0 aliphatic carbocycles. The summed E-state index contributed by atoms with van der Waals surface area (Å²) in [6.07, 6.45) is 2.15. The lowest BCUT2D eigenvalue weighted by atomic mass is 10.1. The highest BCUT2D eigenvalue weighted by molar-refractivity contribution is 6.08. The van der Waals surface area contributed by atoms with Crippen LogP contribution in [0.25, 0.3) is 0 Å². The topological polar surface area (TPSA) is 89.8 Å². The molecule has 2 aromatic heterocycles. The zero-order valence-electron chi connectivity index (χ0n) is 15.6. The molecule has 1 aromatic carbocycles. The quantitative estimate of drug-likeness (QED) is 0.680. The SMILES string of the molecule is CCc1ncnc(NC(=O)Cc2ccc(C(=O)c3ccc(C)cc3)n2C)n1. The van der Waals surface area contributed by atoms with E-state index in [1.165, 1.54) is 6.33 Å². The van der Waals surface area contributed by atoms with Gasteiger partial charge in [-0.1, -0.05) is 36.8 Å². The first kappa shape index (κ1) is 18.4. The number of benzene rings is 1. The molecule has 3 aromatic rings. The summed E-state index contributed by atoms with van der Waals surface area (Å²) in [5.41, 5.74) is 2.98. The second-order valence-corrected chi connectivity index (χ2v) is 6.27. The third-order valence-electron chi connectivity index (χ3n) is 4.30. The van der Waals surface area contributed by atoms with E-state index in [1.54, 1.807) is 23.7 Å². The zero-order chi connectivity index (χ0) is 19.4. The van der Waals surface area contributed by atoms with Gasteiger partial charge in [-0.25, -0.2) is 9.97 Å². The minimum Gasteiger partial charge on any atom is -0.344 e. The molecule has 0 saturated carbocycles. The molecule has 1 amide bonds. The number of anilines is 1. The third kappa shape index (κ3) is 4.25. The Labute approximate surface area is 157 Å². The van der Waals surface area contributed by atoms with Crippen molar-refractivity contribution in [1.82, 2.24) is 19.5 Å². The summed E-state index contributed by atoms with van der Waals surface area (Å²) in [5, 5.41) is 2.67. The van der Waals surface area contributed by atoms with Crippen LogP contribution in [0, 0.1) is 6.92 Å². The molecule has 7 nitrogen and oxygen atoms in total. The molecule has 0 aliphatic rings. The number of hydrogen-bond donors (Lipinski definition) is 1. The fourth-order valence-corrected chi connectivity index (χ4v) is 2.71. The van der Waals surface area contributed by atoms with Crippen LogP contribution in [0.3, 0.4) is 0 Å². The van der Waals surface area contributed by atoms with Crippen LogP contribution in [0.5, 0.6) is 0 Å². The van der Waals surface area contributed by atoms with Crippen LogP contribution in [0.15, 0.2) is 42.7 Å². The van der Waals surface area contributed by atoms with Crippen LogP contribution >= 0.6 is 0 Å². The summed E-state index contributed by atoms with van der Waals surface area (Å²) in [5.74, 6) is 0.523. The van der Waals surface area contributed by atoms with Crippen molar-refractivity contribution in [2.24, 2.45) is 7.05 Å². The second-order valence-electron chi connectivity index (χ2n) is 6.27. The largest absolute Gasteiger partial charge is 0.344 e. The Morgan fingerprint density at radius 2 is 1.81 bits per heavy atom. The zero-order valence-corrected chi connectivity index (χ0v) is 15.6. The van der Waals surface area contributed by atoms with Crippen LogP contribution in [0.2, 0.25) is 0 Å². The number of amides is 1. The maximum absolute atomic E-state index is 12.7. The Kier molecular flexibility index (Phi) is 5.40. The number of rotatable bonds is 6. The molecule has 0 saturated heterocycles. The van der Waals surface area contributed by atoms with Crippen LogP contribution in [-0.2, 0) is 24.7 Å². The van der Waals surface area contributed by atoms with Gasteiger partial charge in [-0.2, -0.15) is 4.98 Å². The van der Waals surface area contributed by atoms with E-state index in [4.69, 9.17) is 0 Å². The van der Waals surface area contributed by atoms with E-state index >= 15 is 0 Å². The molecule has 2 heterocycles. The smallest absolute Gasteiger partial charge is 0.232 e. The highest BCUT2D eigenvalue weighted by atomic mass is 16.1. The molecule has 0 fully saturated rings. The molecule has 0 unspecified atom stereocenters. The van der Waals surface area contributed by atoms with Crippen molar-refractivity contribution in [3.8, 4) is 0 Å². The molecule has 1 N–H and O–H groups in total. The van der Waals surface area contributed by atoms with Gasteiger partial charge < -0.3 is 4.57 Å². The van der Waals surface area contributed by atoms with Crippen LogP contribution in [0.4, 0.5) is 5.95 Å². The highest BCUT2D eigenvalue weighted by Gasteiger charge is 2.16. The Morgan fingerprint density at radius 3 is 2.52 bits per heavy atom. The van der Waals surface area contributed by atoms with Gasteiger partial charge in [-0.15, -0.1) is 0 Å². The number of hydrogen-bond acceptors (Lipinski definition) is 5. The molecular weight excluding hydrogens is 342 g/mol. The van der Waals surface area contributed by atoms with Gasteiger partial charge in [0.15, 0.2) is 0 Å². The molecular formula is C20H21N5O2. The molecule has 0 atom stereocenters. The first-order chi connectivity index (χ1) is 13.0. The van der Waals surface area contributed by atoms with Crippen molar-refractivity contribution >= 4 is 17.6 Å². The molecule has 0 radical (unpaired) electrons. The van der Waals surface area contributed by atoms with Crippen molar-refractivity contribution < 1.29 is 9.59 Å². The molecule has 0 spiro atoms. The summed E-state index contributed by atoms with van der Waals surface area (Å²) < 4.78 is 1.74. The van der Waals surface area contributed by atoms with Gasteiger partial charge in [0, 0.05) is 24.7 Å². The first-order valence-electron chi connectivity index (χ1n) is 8.71.